The van der Waals surface area contributed by atoms with E-state index in [1.165, 1.54) is 11.0 Å². The quantitative estimate of drug-likeness (QED) is 0.725. The van der Waals surface area contributed by atoms with E-state index in [4.69, 9.17) is 10.5 Å². The van der Waals surface area contributed by atoms with Gasteiger partial charge in [0, 0.05) is 23.1 Å². The van der Waals surface area contributed by atoms with Gasteiger partial charge in [-0.1, -0.05) is 18.2 Å². The third-order valence-corrected chi connectivity index (χ3v) is 6.05. The number of benzene rings is 2. The molecule has 0 saturated heterocycles. The zero-order valence-corrected chi connectivity index (χ0v) is 17.2. The Morgan fingerprint density at radius 1 is 1.12 bits per heavy atom. The van der Waals surface area contributed by atoms with Crippen molar-refractivity contribution in [3.8, 4) is 0 Å². The van der Waals surface area contributed by atoms with Crippen molar-refractivity contribution in [2.24, 2.45) is 11.7 Å². The first-order valence-corrected chi connectivity index (χ1v) is 10.2. The molecule has 0 saturated carbocycles. The van der Waals surface area contributed by atoms with Crippen LogP contribution in [-0.2, 0) is 16.0 Å². The highest BCUT2D eigenvalue weighted by atomic mass is 19.4. The molecule has 0 aromatic heterocycles. The lowest BCUT2D eigenvalue weighted by Crippen LogP contribution is -2.46. The molecule has 32 heavy (non-hydrogen) atoms. The number of alkyl halides is 3. The zero-order chi connectivity index (χ0) is 23.2. The molecule has 1 heterocycles. The molecule has 1 amide bonds. The van der Waals surface area contributed by atoms with Gasteiger partial charge >= 0.3 is 12.1 Å². The molecule has 9 heteroatoms. The van der Waals surface area contributed by atoms with Gasteiger partial charge in [-0.3, -0.25) is 14.5 Å². The van der Waals surface area contributed by atoms with Crippen molar-refractivity contribution in [2.75, 3.05) is 11.5 Å². The van der Waals surface area contributed by atoms with Crippen molar-refractivity contribution in [1.82, 2.24) is 0 Å². The van der Waals surface area contributed by atoms with Crippen LogP contribution in [-0.4, -0.2) is 36.6 Å². The summed E-state index contributed by atoms with van der Waals surface area (Å²) in [5, 5.41) is 0. The van der Waals surface area contributed by atoms with Crippen LogP contribution >= 0.6 is 0 Å². The maximum atomic E-state index is 13.2. The second-order valence-corrected chi connectivity index (χ2v) is 7.88. The van der Waals surface area contributed by atoms with Crippen LogP contribution in [0, 0.1) is 5.92 Å². The van der Waals surface area contributed by atoms with Crippen LogP contribution < -0.4 is 10.6 Å². The van der Waals surface area contributed by atoms with Crippen molar-refractivity contribution in [3.05, 3.63) is 64.7 Å². The molecule has 0 spiro atoms. The molecule has 3 atom stereocenters. The summed E-state index contributed by atoms with van der Waals surface area (Å²) in [5.41, 5.74) is 8.11. The maximum Gasteiger partial charge on any atom is 0.450 e. The number of rotatable bonds is 4. The lowest BCUT2D eigenvalue weighted by Gasteiger charge is -2.31. The van der Waals surface area contributed by atoms with Gasteiger partial charge in [0.1, 0.15) is 0 Å². The van der Waals surface area contributed by atoms with E-state index in [0.29, 0.717) is 22.4 Å². The molecular weight excluding hydrogens is 425 g/mol. The molecule has 1 aliphatic heterocycles. The van der Waals surface area contributed by atoms with Crippen molar-refractivity contribution >= 4 is 23.3 Å². The lowest BCUT2D eigenvalue weighted by atomic mass is 9.73. The van der Waals surface area contributed by atoms with E-state index in [0.717, 1.165) is 0 Å². The summed E-state index contributed by atoms with van der Waals surface area (Å²) in [4.78, 5) is 39.2. The van der Waals surface area contributed by atoms with Crippen molar-refractivity contribution in [1.29, 1.82) is 0 Å². The molecule has 2 aliphatic rings. The molecule has 0 bridgehead atoms. The first kappa shape index (κ1) is 22.0. The van der Waals surface area contributed by atoms with Crippen LogP contribution in [0.3, 0.4) is 0 Å². The number of anilines is 1. The van der Waals surface area contributed by atoms with Gasteiger partial charge in [-0.25, -0.2) is 4.79 Å². The molecule has 2 aromatic rings. The van der Waals surface area contributed by atoms with Gasteiger partial charge < -0.3 is 10.5 Å². The minimum atomic E-state index is -5.01. The fourth-order valence-corrected chi connectivity index (χ4v) is 4.70. The Morgan fingerprint density at radius 2 is 1.81 bits per heavy atom. The average molecular weight is 446 g/mol. The standard InChI is InChI=1S/C23H21F3N2O4/c1-2-32-22(31)14-8-9-17-18-15(14)10-13(19(29)23(24,25)26)11-16(18)20(27)28(17)21(30)12-6-4-3-5-7-12/h3-9,13,16,20H,2,10-11,27H2,1H3. The van der Waals surface area contributed by atoms with Gasteiger partial charge in [0.2, 0.25) is 5.78 Å². The molecule has 2 N–H and O–H groups in total. The van der Waals surface area contributed by atoms with Crippen LogP contribution in [0.4, 0.5) is 18.9 Å². The van der Waals surface area contributed by atoms with Crippen molar-refractivity contribution in [2.45, 2.75) is 38.0 Å². The number of carbonyl (C=O) groups excluding carboxylic acids is 3. The van der Waals surface area contributed by atoms with E-state index in [9.17, 15) is 27.6 Å². The minimum absolute atomic E-state index is 0.0851. The molecule has 2 aromatic carbocycles. The van der Waals surface area contributed by atoms with Gasteiger partial charge in [0.15, 0.2) is 0 Å². The number of halogens is 3. The Balaban J connectivity index is 1.83. The highest BCUT2D eigenvalue weighted by Gasteiger charge is 2.51. The average Bonchev–Trinajstić information content (AvgIpc) is 3.05. The Hall–Kier alpha value is -3.20. The van der Waals surface area contributed by atoms with E-state index in [-0.39, 0.29) is 25.0 Å². The van der Waals surface area contributed by atoms with E-state index < -0.39 is 41.8 Å². The smallest absolute Gasteiger partial charge is 0.450 e. The monoisotopic (exact) mass is 446 g/mol. The number of amides is 1. The number of nitrogens with zero attached hydrogens (tertiary/aromatic N) is 1. The third kappa shape index (κ3) is 3.56. The summed E-state index contributed by atoms with van der Waals surface area (Å²) < 4.78 is 44.7. The number of ether oxygens (including phenoxy) is 1. The number of carbonyl (C=O) groups is 3. The first-order valence-electron chi connectivity index (χ1n) is 10.2. The highest BCUT2D eigenvalue weighted by Crippen LogP contribution is 2.50. The van der Waals surface area contributed by atoms with Crippen LogP contribution in [0.5, 0.6) is 0 Å². The van der Waals surface area contributed by atoms with E-state index >= 15 is 0 Å². The number of ketones is 1. The molecule has 1 aliphatic carbocycles. The predicted octanol–water partition coefficient (Wildman–Crippen LogP) is 3.59. The summed E-state index contributed by atoms with van der Waals surface area (Å²) in [7, 11) is 0. The molecule has 3 unspecified atom stereocenters. The second kappa shape index (κ2) is 8.05. The van der Waals surface area contributed by atoms with Crippen LogP contribution in [0.25, 0.3) is 0 Å². The molecule has 6 nitrogen and oxygen atoms in total. The Bertz CT molecular complexity index is 1080. The van der Waals surface area contributed by atoms with Crippen LogP contribution in [0.1, 0.15) is 51.1 Å². The summed E-state index contributed by atoms with van der Waals surface area (Å²) in [6.45, 7) is 1.70. The fraction of sp³-hybridized carbons (Fsp3) is 0.348. The second-order valence-electron chi connectivity index (χ2n) is 7.88. The summed E-state index contributed by atoms with van der Waals surface area (Å²) in [6, 6.07) is 11.4. The fourth-order valence-electron chi connectivity index (χ4n) is 4.70. The van der Waals surface area contributed by atoms with Crippen molar-refractivity contribution < 1.29 is 32.3 Å². The molecule has 4 rings (SSSR count). The Labute approximate surface area is 182 Å². The van der Waals surface area contributed by atoms with Gasteiger partial charge in [-0.05, 0) is 55.2 Å². The van der Waals surface area contributed by atoms with Gasteiger partial charge in [-0.2, -0.15) is 13.2 Å². The number of nitrogens with two attached hydrogens (primary N) is 1. The highest BCUT2D eigenvalue weighted by molar-refractivity contribution is 6.09. The number of hydrogen-bond acceptors (Lipinski definition) is 5. The Morgan fingerprint density at radius 3 is 2.44 bits per heavy atom. The summed E-state index contributed by atoms with van der Waals surface area (Å²) in [5.74, 6) is -5.06. The molecule has 0 radical (unpaired) electrons. The largest absolute Gasteiger partial charge is 0.462 e. The molecule has 168 valence electrons. The predicted molar refractivity (Wildman–Crippen MR) is 109 cm³/mol. The van der Waals surface area contributed by atoms with Crippen molar-refractivity contribution in [3.63, 3.8) is 0 Å². The summed E-state index contributed by atoms with van der Waals surface area (Å²) >= 11 is 0. The SMILES string of the molecule is CCOC(=O)c1ccc2c3c1CC(C(=O)C(F)(F)F)CC3C(N)N2C(=O)c1ccccc1. The van der Waals surface area contributed by atoms with Crippen LogP contribution in [0.15, 0.2) is 42.5 Å². The van der Waals surface area contributed by atoms with Crippen LogP contribution in [0.2, 0.25) is 0 Å². The normalized spacial score (nSPS) is 21.8. The first-order chi connectivity index (χ1) is 15.1. The number of Topliss-reactive ketones (excluding diaryl/α,β-unsaturated/α-hetero) is 1. The maximum absolute atomic E-state index is 13.2. The van der Waals surface area contributed by atoms with Gasteiger partial charge in [-0.15, -0.1) is 0 Å². The van der Waals surface area contributed by atoms with Gasteiger partial charge in [0.05, 0.1) is 18.3 Å². The minimum Gasteiger partial charge on any atom is -0.462 e. The molecular formula is C23H21F3N2O4. The van der Waals surface area contributed by atoms with E-state index in [1.54, 1.807) is 43.3 Å². The van der Waals surface area contributed by atoms with E-state index in [2.05, 4.69) is 0 Å². The molecule has 0 fully saturated rings. The Kier molecular flexibility index (Phi) is 5.54. The zero-order valence-electron chi connectivity index (χ0n) is 17.2. The topological polar surface area (TPSA) is 89.7 Å². The number of hydrogen-bond donors (Lipinski definition) is 1. The number of esters is 1. The summed E-state index contributed by atoms with van der Waals surface area (Å²) in [6.07, 6.45) is -6.42. The third-order valence-electron chi connectivity index (χ3n) is 6.05. The van der Waals surface area contributed by atoms with Gasteiger partial charge in [0.25, 0.3) is 5.91 Å². The lowest BCUT2D eigenvalue weighted by molar-refractivity contribution is -0.176. The van der Waals surface area contributed by atoms with E-state index in [1.807, 2.05) is 0 Å².